The summed E-state index contributed by atoms with van der Waals surface area (Å²) in [5.41, 5.74) is 2.50. The topological polar surface area (TPSA) is 79.8 Å². The summed E-state index contributed by atoms with van der Waals surface area (Å²) in [5.74, 6) is 0.411. The first-order chi connectivity index (χ1) is 11.2. The molecule has 0 aliphatic carbocycles. The highest BCUT2D eigenvalue weighted by atomic mass is 35.5. The summed E-state index contributed by atoms with van der Waals surface area (Å²) >= 11 is 6.19. The molecule has 0 aliphatic rings. The van der Waals surface area contributed by atoms with Gasteiger partial charge in [0.05, 0.1) is 16.9 Å². The van der Waals surface area contributed by atoms with Crippen molar-refractivity contribution in [1.29, 1.82) is 0 Å². The van der Waals surface area contributed by atoms with Gasteiger partial charge in [-0.05, 0) is 25.1 Å². The van der Waals surface area contributed by atoms with E-state index in [9.17, 15) is 4.79 Å². The van der Waals surface area contributed by atoms with Crippen LogP contribution in [0, 0.1) is 0 Å². The Morgan fingerprint density at radius 1 is 1.17 bits per heavy atom. The Balaban J connectivity index is 1.98. The van der Waals surface area contributed by atoms with Gasteiger partial charge in [0.25, 0.3) is 0 Å². The Hall–Kier alpha value is -2.73. The van der Waals surface area contributed by atoms with E-state index < -0.39 is 0 Å². The molecule has 0 bridgehead atoms. The SMILES string of the molecule is CCNC(=O)Nc1ccc2ncc(-c3ccccc3Cl)nc2n1. The Labute approximate surface area is 137 Å². The van der Waals surface area contributed by atoms with Gasteiger partial charge in [0.2, 0.25) is 0 Å². The van der Waals surface area contributed by atoms with Crippen LogP contribution in [0.2, 0.25) is 5.02 Å². The smallest absolute Gasteiger partial charge is 0.320 e. The van der Waals surface area contributed by atoms with Crippen molar-refractivity contribution in [2.75, 3.05) is 11.9 Å². The number of carbonyl (C=O) groups is 1. The second-order valence-electron chi connectivity index (χ2n) is 4.76. The maximum absolute atomic E-state index is 11.6. The summed E-state index contributed by atoms with van der Waals surface area (Å²) < 4.78 is 0. The zero-order valence-corrected chi connectivity index (χ0v) is 13.1. The molecular weight excluding hydrogens is 314 g/mol. The van der Waals surface area contributed by atoms with Crippen LogP contribution in [-0.4, -0.2) is 27.5 Å². The molecule has 7 heteroatoms. The zero-order valence-electron chi connectivity index (χ0n) is 12.4. The number of rotatable bonds is 3. The molecule has 23 heavy (non-hydrogen) atoms. The molecule has 0 saturated carbocycles. The Kier molecular flexibility index (Phi) is 4.34. The fraction of sp³-hybridized carbons (Fsp3) is 0.125. The lowest BCUT2D eigenvalue weighted by Gasteiger charge is -2.07. The minimum absolute atomic E-state index is 0.311. The Bertz CT molecular complexity index is 868. The van der Waals surface area contributed by atoms with Gasteiger partial charge in [-0.15, -0.1) is 0 Å². The fourth-order valence-corrected chi connectivity index (χ4v) is 2.32. The number of fused-ring (bicyclic) bond motifs is 1. The first-order valence-electron chi connectivity index (χ1n) is 7.11. The zero-order chi connectivity index (χ0) is 16.2. The normalized spacial score (nSPS) is 10.5. The number of benzene rings is 1. The molecule has 2 heterocycles. The van der Waals surface area contributed by atoms with Gasteiger partial charge < -0.3 is 5.32 Å². The molecule has 3 aromatic rings. The predicted octanol–water partition coefficient (Wildman–Crippen LogP) is 3.49. The van der Waals surface area contributed by atoms with Crippen molar-refractivity contribution in [3.63, 3.8) is 0 Å². The van der Waals surface area contributed by atoms with Crippen molar-refractivity contribution in [3.8, 4) is 11.3 Å². The lowest BCUT2D eigenvalue weighted by atomic mass is 10.1. The molecule has 116 valence electrons. The van der Waals surface area contributed by atoms with Crippen LogP contribution in [0.1, 0.15) is 6.92 Å². The fourth-order valence-electron chi connectivity index (χ4n) is 2.09. The van der Waals surface area contributed by atoms with Gasteiger partial charge in [-0.2, -0.15) is 0 Å². The highest BCUT2D eigenvalue weighted by Gasteiger charge is 2.08. The van der Waals surface area contributed by atoms with Crippen LogP contribution in [0.15, 0.2) is 42.6 Å². The summed E-state index contributed by atoms with van der Waals surface area (Å²) in [6.07, 6.45) is 1.65. The number of halogens is 1. The number of nitrogens with zero attached hydrogens (tertiary/aromatic N) is 3. The number of urea groups is 1. The molecule has 2 amide bonds. The molecule has 3 rings (SSSR count). The van der Waals surface area contributed by atoms with E-state index in [4.69, 9.17) is 11.6 Å². The Morgan fingerprint density at radius 3 is 2.78 bits per heavy atom. The number of hydrogen-bond donors (Lipinski definition) is 2. The van der Waals surface area contributed by atoms with Crippen molar-refractivity contribution >= 4 is 34.6 Å². The molecule has 0 spiro atoms. The lowest BCUT2D eigenvalue weighted by Crippen LogP contribution is -2.28. The molecule has 6 nitrogen and oxygen atoms in total. The van der Waals surface area contributed by atoms with E-state index in [1.807, 2.05) is 25.1 Å². The molecule has 0 unspecified atom stereocenters. The standard InChI is InChI=1S/C16H14ClN5O/c1-2-18-16(23)22-14-8-7-12-15(21-14)20-13(9-19-12)10-5-3-4-6-11(10)17/h3-9H,2H2,1H3,(H2,18,20,21,22,23). The van der Waals surface area contributed by atoms with Gasteiger partial charge in [0, 0.05) is 12.1 Å². The van der Waals surface area contributed by atoms with E-state index in [-0.39, 0.29) is 6.03 Å². The molecule has 0 saturated heterocycles. The third-order valence-corrected chi connectivity index (χ3v) is 3.47. The van der Waals surface area contributed by atoms with E-state index in [0.29, 0.717) is 34.2 Å². The predicted molar refractivity (Wildman–Crippen MR) is 90.5 cm³/mol. The van der Waals surface area contributed by atoms with Crippen LogP contribution >= 0.6 is 11.6 Å². The molecule has 0 aliphatic heterocycles. The number of nitrogens with one attached hydrogen (secondary N) is 2. The average molecular weight is 328 g/mol. The van der Waals surface area contributed by atoms with Crippen molar-refractivity contribution < 1.29 is 4.79 Å². The molecule has 2 aromatic heterocycles. The second-order valence-corrected chi connectivity index (χ2v) is 5.17. The number of amides is 2. The van der Waals surface area contributed by atoms with Crippen LogP contribution in [0.25, 0.3) is 22.4 Å². The average Bonchev–Trinajstić information content (AvgIpc) is 2.55. The Morgan fingerprint density at radius 2 is 2.00 bits per heavy atom. The molecule has 0 radical (unpaired) electrons. The highest BCUT2D eigenvalue weighted by Crippen LogP contribution is 2.26. The third-order valence-electron chi connectivity index (χ3n) is 3.14. The minimum Gasteiger partial charge on any atom is -0.338 e. The first kappa shape index (κ1) is 15.2. The van der Waals surface area contributed by atoms with Gasteiger partial charge in [0.15, 0.2) is 5.65 Å². The summed E-state index contributed by atoms with van der Waals surface area (Å²) in [4.78, 5) is 24.7. The molecule has 2 N–H and O–H groups in total. The van der Waals surface area contributed by atoms with Crippen molar-refractivity contribution in [3.05, 3.63) is 47.6 Å². The monoisotopic (exact) mass is 327 g/mol. The van der Waals surface area contributed by atoms with Crippen LogP contribution in [0.4, 0.5) is 10.6 Å². The molecular formula is C16H14ClN5O. The van der Waals surface area contributed by atoms with Crippen molar-refractivity contribution in [2.45, 2.75) is 6.92 Å². The van der Waals surface area contributed by atoms with Gasteiger partial charge in [-0.25, -0.2) is 14.8 Å². The number of aromatic nitrogens is 3. The summed E-state index contributed by atoms with van der Waals surface area (Å²) in [5, 5.41) is 5.89. The molecule has 0 atom stereocenters. The van der Waals surface area contributed by atoms with Crippen LogP contribution in [0.3, 0.4) is 0 Å². The second kappa shape index (κ2) is 6.58. The van der Waals surface area contributed by atoms with Gasteiger partial charge in [0.1, 0.15) is 11.3 Å². The maximum Gasteiger partial charge on any atom is 0.320 e. The van der Waals surface area contributed by atoms with Gasteiger partial charge in [-0.1, -0.05) is 29.8 Å². The highest BCUT2D eigenvalue weighted by molar-refractivity contribution is 6.33. The minimum atomic E-state index is -0.311. The first-order valence-corrected chi connectivity index (χ1v) is 7.48. The van der Waals surface area contributed by atoms with Crippen molar-refractivity contribution in [1.82, 2.24) is 20.3 Å². The number of anilines is 1. The largest absolute Gasteiger partial charge is 0.338 e. The van der Waals surface area contributed by atoms with Gasteiger partial charge >= 0.3 is 6.03 Å². The summed E-state index contributed by atoms with van der Waals surface area (Å²) in [6.45, 7) is 2.38. The van der Waals surface area contributed by atoms with E-state index in [0.717, 1.165) is 5.56 Å². The van der Waals surface area contributed by atoms with Crippen LogP contribution < -0.4 is 10.6 Å². The quantitative estimate of drug-likeness (QED) is 0.771. The van der Waals surface area contributed by atoms with E-state index in [1.165, 1.54) is 0 Å². The third kappa shape index (κ3) is 3.37. The molecule has 1 aromatic carbocycles. The summed E-state index contributed by atoms with van der Waals surface area (Å²) in [7, 11) is 0. The number of pyridine rings is 1. The van der Waals surface area contributed by atoms with Crippen molar-refractivity contribution in [2.24, 2.45) is 0 Å². The molecule has 0 fully saturated rings. The van der Waals surface area contributed by atoms with Crippen LogP contribution in [0.5, 0.6) is 0 Å². The number of carbonyl (C=O) groups excluding carboxylic acids is 1. The maximum atomic E-state index is 11.6. The van der Waals surface area contributed by atoms with E-state index in [1.54, 1.807) is 24.4 Å². The van der Waals surface area contributed by atoms with E-state index >= 15 is 0 Å². The lowest BCUT2D eigenvalue weighted by molar-refractivity contribution is 0.252. The van der Waals surface area contributed by atoms with Crippen LogP contribution in [-0.2, 0) is 0 Å². The van der Waals surface area contributed by atoms with E-state index in [2.05, 4.69) is 25.6 Å². The number of hydrogen-bond acceptors (Lipinski definition) is 4. The van der Waals surface area contributed by atoms with Gasteiger partial charge in [-0.3, -0.25) is 10.3 Å². The summed E-state index contributed by atoms with van der Waals surface area (Å²) in [6, 6.07) is 10.5.